The topological polar surface area (TPSA) is 42.2 Å². The van der Waals surface area contributed by atoms with Crippen molar-refractivity contribution in [2.45, 2.75) is 19.4 Å². The van der Waals surface area contributed by atoms with Crippen LogP contribution in [0.1, 0.15) is 23.2 Å². The first kappa shape index (κ1) is 12.9. The van der Waals surface area contributed by atoms with Gasteiger partial charge in [-0.3, -0.25) is 4.90 Å². The van der Waals surface area contributed by atoms with E-state index in [9.17, 15) is 0 Å². The lowest BCUT2D eigenvalue weighted by Crippen LogP contribution is -2.44. The fourth-order valence-corrected chi connectivity index (χ4v) is 2.69. The highest BCUT2D eigenvalue weighted by molar-refractivity contribution is 6.35. The lowest BCUT2D eigenvalue weighted by molar-refractivity contribution is 0.117. The Hall–Kier alpha value is -1.10. The Morgan fingerprint density at radius 1 is 1.37 bits per heavy atom. The van der Waals surface area contributed by atoms with Crippen molar-refractivity contribution in [3.05, 3.63) is 45.5 Å². The Bertz CT molecular complexity index is 593. The molecule has 2 aromatic rings. The van der Waals surface area contributed by atoms with Crippen LogP contribution in [0.15, 0.2) is 22.7 Å². The molecule has 6 heteroatoms. The SMILES string of the molecule is Cc1noc(C2CN(Cc3ccc(Cl)cc3Cl)C2)n1. The van der Waals surface area contributed by atoms with Gasteiger partial charge in [0.15, 0.2) is 5.82 Å². The number of halogens is 2. The van der Waals surface area contributed by atoms with Gasteiger partial charge in [0.25, 0.3) is 0 Å². The summed E-state index contributed by atoms with van der Waals surface area (Å²) in [6.45, 7) is 4.48. The van der Waals surface area contributed by atoms with E-state index in [-0.39, 0.29) is 0 Å². The van der Waals surface area contributed by atoms with Crippen LogP contribution in [-0.2, 0) is 6.54 Å². The van der Waals surface area contributed by atoms with Crippen LogP contribution in [0.4, 0.5) is 0 Å². The van der Waals surface area contributed by atoms with Crippen LogP contribution in [0.25, 0.3) is 0 Å². The zero-order valence-corrected chi connectivity index (χ0v) is 11.9. The fraction of sp³-hybridized carbons (Fsp3) is 0.385. The van der Waals surface area contributed by atoms with Crippen LogP contribution in [0, 0.1) is 6.92 Å². The Kier molecular flexibility index (Phi) is 3.48. The van der Waals surface area contributed by atoms with E-state index in [0.29, 0.717) is 21.8 Å². The number of likely N-dealkylation sites (tertiary alicyclic amines) is 1. The molecule has 1 aromatic carbocycles. The summed E-state index contributed by atoms with van der Waals surface area (Å²) in [4.78, 5) is 6.55. The molecule has 0 radical (unpaired) electrons. The number of aryl methyl sites for hydroxylation is 1. The van der Waals surface area contributed by atoms with Gasteiger partial charge >= 0.3 is 0 Å². The molecule has 1 aromatic heterocycles. The van der Waals surface area contributed by atoms with E-state index in [1.54, 1.807) is 6.07 Å². The number of hydrogen-bond donors (Lipinski definition) is 0. The second-order valence-electron chi connectivity index (χ2n) is 4.81. The lowest BCUT2D eigenvalue weighted by atomic mass is 9.99. The van der Waals surface area contributed by atoms with Crippen molar-refractivity contribution in [1.29, 1.82) is 0 Å². The van der Waals surface area contributed by atoms with Crippen LogP contribution in [-0.4, -0.2) is 28.1 Å². The maximum Gasteiger partial charge on any atom is 0.232 e. The average molecular weight is 298 g/mol. The summed E-state index contributed by atoms with van der Waals surface area (Å²) in [6, 6.07) is 5.60. The van der Waals surface area contributed by atoms with Gasteiger partial charge in [0.1, 0.15) is 0 Å². The first-order valence-electron chi connectivity index (χ1n) is 6.08. The summed E-state index contributed by atoms with van der Waals surface area (Å²) in [5.41, 5.74) is 1.09. The molecule has 1 fully saturated rings. The van der Waals surface area contributed by atoms with E-state index >= 15 is 0 Å². The number of aromatic nitrogens is 2. The molecular formula is C13H13Cl2N3O. The van der Waals surface area contributed by atoms with Crippen LogP contribution < -0.4 is 0 Å². The van der Waals surface area contributed by atoms with E-state index in [2.05, 4.69) is 15.0 Å². The van der Waals surface area contributed by atoms with Gasteiger partial charge in [-0.1, -0.05) is 34.4 Å². The summed E-state index contributed by atoms with van der Waals surface area (Å²) >= 11 is 12.0. The Morgan fingerprint density at radius 2 is 2.16 bits per heavy atom. The minimum atomic E-state index is 0.340. The predicted octanol–water partition coefficient (Wildman–Crippen LogP) is 3.28. The third-order valence-electron chi connectivity index (χ3n) is 3.26. The number of hydrogen-bond acceptors (Lipinski definition) is 4. The summed E-state index contributed by atoms with van der Waals surface area (Å²) in [6.07, 6.45) is 0. The van der Waals surface area contributed by atoms with Crippen molar-refractivity contribution >= 4 is 23.2 Å². The first-order valence-corrected chi connectivity index (χ1v) is 6.84. The quantitative estimate of drug-likeness (QED) is 0.872. The Morgan fingerprint density at radius 3 is 2.79 bits per heavy atom. The molecular weight excluding hydrogens is 285 g/mol. The average Bonchev–Trinajstić information content (AvgIpc) is 2.71. The maximum atomic E-state index is 6.16. The molecule has 1 aliphatic heterocycles. The number of rotatable bonds is 3. The molecule has 0 atom stereocenters. The predicted molar refractivity (Wildman–Crippen MR) is 73.5 cm³/mol. The normalized spacial score (nSPS) is 16.6. The largest absolute Gasteiger partial charge is 0.339 e. The Labute approximate surface area is 121 Å². The van der Waals surface area contributed by atoms with E-state index in [0.717, 1.165) is 31.1 Å². The van der Waals surface area contributed by atoms with Crippen molar-refractivity contribution in [2.24, 2.45) is 0 Å². The van der Waals surface area contributed by atoms with Gasteiger partial charge in [0.2, 0.25) is 5.89 Å². The molecule has 3 rings (SSSR count). The minimum absolute atomic E-state index is 0.340. The maximum absolute atomic E-state index is 6.16. The molecule has 0 saturated carbocycles. The van der Waals surface area contributed by atoms with E-state index in [1.165, 1.54) is 0 Å². The van der Waals surface area contributed by atoms with Crippen molar-refractivity contribution < 1.29 is 4.52 Å². The van der Waals surface area contributed by atoms with Gasteiger partial charge < -0.3 is 4.52 Å². The van der Waals surface area contributed by atoms with Crippen LogP contribution in [0.2, 0.25) is 10.0 Å². The van der Waals surface area contributed by atoms with Gasteiger partial charge in [0.05, 0.1) is 5.92 Å². The molecule has 0 unspecified atom stereocenters. The number of nitrogens with zero attached hydrogens (tertiary/aromatic N) is 3. The minimum Gasteiger partial charge on any atom is -0.339 e. The van der Waals surface area contributed by atoms with Crippen molar-refractivity contribution in [1.82, 2.24) is 15.0 Å². The molecule has 0 amide bonds. The fourth-order valence-electron chi connectivity index (χ4n) is 2.22. The summed E-state index contributed by atoms with van der Waals surface area (Å²) < 4.78 is 5.17. The molecule has 0 N–H and O–H groups in total. The van der Waals surface area contributed by atoms with Gasteiger partial charge in [-0.05, 0) is 24.6 Å². The van der Waals surface area contributed by atoms with Gasteiger partial charge in [-0.15, -0.1) is 0 Å². The molecule has 4 nitrogen and oxygen atoms in total. The summed E-state index contributed by atoms with van der Waals surface area (Å²) in [5, 5.41) is 5.19. The highest BCUT2D eigenvalue weighted by atomic mass is 35.5. The van der Waals surface area contributed by atoms with E-state index < -0.39 is 0 Å². The first-order chi connectivity index (χ1) is 9.11. The molecule has 19 heavy (non-hydrogen) atoms. The molecule has 100 valence electrons. The zero-order chi connectivity index (χ0) is 13.4. The standard InChI is InChI=1S/C13H13Cl2N3O/c1-8-16-13(19-17-8)10-6-18(7-10)5-9-2-3-11(14)4-12(9)15/h2-4,10H,5-7H2,1H3. The van der Waals surface area contributed by atoms with Gasteiger partial charge in [-0.25, -0.2) is 0 Å². The van der Waals surface area contributed by atoms with Gasteiger partial charge in [0, 0.05) is 29.7 Å². The van der Waals surface area contributed by atoms with Crippen molar-refractivity contribution in [3.63, 3.8) is 0 Å². The second-order valence-corrected chi connectivity index (χ2v) is 5.65. The highest BCUT2D eigenvalue weighted by Crippen LogP contribution is 2.29. The molecule has 1 aliphatic rings. The smallest absolute Gasteiger partial charge is 0.232 e. The number of benzene rings is 1. The second kappa shape index (κ2) is 5.12. The third kappa shape index (κ3) is 2.76. The lowest BCUT2D eigenvalue weighted by Gasteiger charge is -2.37. The van der Waals surface area contributed by atoms with Gasteiger partial charge in [-0.2, -0.15) is 4.98 Å². The summed E-state index contributed by atoms with van der Waals surface area (Å²) in [5.74, 6) is 1.76. The highest BCUT2D eigenvalue weighted by Gasteiger charge is 2.32. The van der Waals surface area contributed by atoms with Crippen LogP contribution in [0.5, 0.6) is 0 Å². The molecule has 1 saturated heterocycles. The van der Waals surface area contributed by atoms with Crippen LogP contribution in [0.3, 0.4) is 0 Å². The molecule has 0 bridgehead atoms. The van der Waals surface area contributed by atoms with Crippen molar-refractivity contribution in [3.8, 4) is 0 Å². The molecule has 0 spiro atoms. The zero-order valence-electron chi connectivity index (χ0n) is 10.4. The molecule has 0 aliphatic carbocycles. The molecule has 2 heterocycles. The van der Waals surface area contributed by atoms with Crippen LogP contribution >= 0.6 is 23.2 Å². The van der Waals surface area contributed by atoms with E-state index in [1.807, 2.05) is 19.1 Å². The Balaban J connectivity index is 1.59. The van der Waals surface area contributed by atoms with Crippen molar-refractivity contribution in [2.75, 3.05) is 13.1 Å². The van der Waals surface area contributed by atoms with E-state index in [4.69, 9.17) is 27.7 Å². The summed E-state index contributed by atoms with van der Waals surface area (Å²) in [7, 11) is 0. The third-order valence-corrected chi connectivity index (χ3v) is 3.85. The monoisotopic (exact) mass is 297 g/mol.